The van der Waals surface area contributed by atoms with Gasteiger partial charge in [-0.3, -0.25) is 19.3 Å². The second kappa shape index (κ2) is 10.6. The summed E-state index contributed by atoms with van der Waals surface area (Å²) < 4.78 is 25.1. The van der Waals surface area contributed by atoms with Crippen molar-refractivity contribution in [3.05, 3.63) is 57.2 Å². The van der Waals surface area contributed by atoms with Crippen LogP contribution in [0.5, 0.6) is 11.5 Å². The van der Waals surface area contributed by atoms with Gasteiger partial charge in [-0.05, 0) is 67.6 Å². The molecule has 1 N–H and O–H groups in total. The summed E-state index contributed by atoms with van der Waals surface area (Å²) in [4.78, 5) is 38.4. The van der Waals surface area contributed by atoms with Crippen LogP contribution in [0.1, 0.15) is 19.4 Å². The summed E-state index contributed by atoms with van der Waals surface area (Å²) in [5.74, 6) is -0.643. The van der Waals surface area contributed by atoms with Crippen LogP contribution in [0.15, 0.2) is 45.8 Å². The lowest BCUT2D eigenvalue weighted by Crippen LogP contribution is -2.36. The summed E-state index contributed by atoms with van der Waals surface area (Å²) in [5, 5.41) is 1.91. The van der Waals surface area contributed by atoms with Gasteiger partial charge in [-0.1, -0.05) is 22.0 Å². The van der Waals surface area contributed by atoms with E-state index in [0.29, 0.717) is 34.7 Å². The van der Waals surface area contributed by atoms with Crippen LogP contribution in [0.25, 0.3) is 6.08 Å². The molecule has 1 aliphatic heterocycles. The van der Waals surface area contributed by atoms with Crippen LogP contribution in [-0.2, 0) is 9.59 Å². The van der Waals surface area contributed by atoms with Crippen molar-refractivity contribution in [1.82, 2.24) is 4.90 Å². The Kier molecular flexibility index (Phi) is 7.92. The van der Waals surface area contributed by atoms with Crippen LogP contribution < -0.4 is 14.8 Å². The van der Waals surface area contributed by atoms with Gasteiger partial charge in [-0.15, -0.1) is 0 Å². The molecule has 2 aromatic rings. The number of anilines is 1. The maximum Gasteiger partial charge on any atom is 0.294 e. The fraction of sp³-hybridized carbons (Fsp3) is 0.227. The minimum absolute atomic E-state index is 0.167. The molecule has 1 aliphatic rings. The highest BCUT2D eigenvalue weighted by molar-refractivity contribution is 9.10. The van der Waals surface area contributed by atoms with Gasteiger partial charge in [-0.2, -0.15) is 0 Å². The minimum Gasteiger partial charge on any atom is -0.490 e. The van der Waals surface area contributed by atoms with E-state index >= 15 is 0 Å². The van der Waals surface area contributed by atoms with E-state index in [2.05, 4.69) is 21.2 Å². The number of hydrogen-bond donors (Lipinski definition) is 1. The van der Waals surface area contributed by atoms with Crippen molar-refractivity contribution in [1.29, 1.82) is 0 Å². The number of hydrogen-bond acceptors (Lipinski definition) is 6. The molecule has 0 spiro atoms. The number of benzene rings is 2. The molecule has 32 heavy (non-hydrogen) atoms. The molecule has 1 saturated heterocycles. The number of nitrogens with one attached hydrogen (secondary N) is 1. The molecule has 7 nitrogen and oxygen atoms in total. The van der Waals surface area contributed by atoms with Crippen LogP contribution in [0.4, 0.5) is 14.9 Å². The molecule has 0 aliphatic carbocycles. The predicted octanol–water partition coefficient (Wildman–Crippen LogP) is 5.06. The molecule has 168 valence electrons. The zero-order chi connectivity index (χ0) is 23.3. The summed E-state index contributed by atoms with van der Waals surface area (Å²) in [6.07, 6.45) is 1.55. The highest BCUT2D eigenvalue weighted by Crippen LogP contribution is 2.38. The zero-order valence-corrected chi connectivity index (χ0v) is 19.7. The lowest BCUT2D eigenvalue weighted by molar-refractivity contribution is -0.127. The Hall–Kier alpha value is -2.85. The summed E-state index contributed by atoms with van der Waals surface area (Å²) in [6, 6.07) is 8.78. The smallest absolute Gasteiger partial charge is 0.294 e. The molecular formula is C22H20BrFN2O5S. The van der Waals surface area contributed by atoms with Gasteiger partial charge in [0.05, 0.1) is 18.1 Å². The Balaban J connectivity index is 1.77. The van der Waals surface area contributed by atoms with Gasteiger partial charge in [0.25, 0.3) is 11.1 Å². The first-order chi connectivity index (χ1) is 15.3. The van der Waals surface area contributed by atoms with Crippen LogP contribution in [0.2, 0.25) is 0 Å². The number of imide groups is 1. The Morgan fingerprint density at radius 3 is 2.50 bits per heavy atom. The topological polar surface area (TPSA) is 84.9 Å². The molecular weight excluding hydrogens is 503 g/mol. The maximum atomic E-state index is 13.3. The van der Waals surface area contributed by atoms with Gasteiger partial charge in [0.1, 0.15) is 12.4 Å². The molecule has 0 bridgehead atoms. The van der Waals surface area contributed by atoms with Crippen molar-refractivity contribution >= 4 is 56.5 Å². The normalized spacial score (nSPS) is 14.8. The lowest BCUT2D eigenvalue weighted by Gasteiger charge is -2.13. The summed E-state index contributed by atoms with van der Waals surface area (Å²) in [7, 11) is 0. The van der Waals surface area contributed by atoms with Crippen molar-refractivity contribution < 1.29 is 28.2 Å². The van der Waals surface area contributed by atoms with E-state index in [0.717, 1.165) is 22.7 Å². The third-order valence-corrected chi connectivity index (χ3v) is 5.83. The number of rotatable bonds is 8. The van der Waals surface area contributed by atoms with E-state index in [-0.39, 0.29) is 10.6 Å². The molecule has 3 amide bonds. The van der Waals surface area contributed by atoms with Crippen LogP contribution in [0, 0.1) is 5.82 Å². The van der Waals surface area contributed by atoms with Crippen molar-refractivity contribution in [3.8, 4) is 11.5 Å². The van der Waals surface area contributed by atoms with Gasteiger partial charge >= 0.3 is 0 Å². The molecule has 10 heteroatoms. The average molecular weight is 523 g/mol. The summed E-state index contributed by atoms with van der Waals surface area (Å²) in [5.41, 5.74) is 0.853. The van der Waals surface area contributed by atoms with Gasteiger partial charge in [-0.25, -0.2) is 4.39 Å². The number of ether oxygens (including phenoxy) is 2. The predicted molar refractivity (Wildman–Crippen MR) is 124 cm³/mol. The molecule has 2 aromatic carbocycles. The number of carbonyl (C=O) groups is 3. The quantitative estimate of drug-likeness (QED) is 0.487. The van der Waals surface area contributed by atoms with E-state index in [1.807, 2.05) is 13.8 Å². The first-order valence-electron chi connectivity index (χ1n) is 9.72. The number of thioether (sulfide) groups is 1. The number of nitrogens with zero attached hydrogens (tertiary/aromatic N) is 1. The van der Waals surface area contributed by atoms with E-state index in [1.54, 1.807) is 18.2 Å². The van der Waals surface area contributed by atoms with Crippen molar-refractivity contribution in [2.24, 2.45) is 0 Å². The number of amides is 3. The standard InChI is InChI=1S/C22H20BrFN2O5S/c1-3-30-17-8-13(16(23)11-18(17)31-4-2)9-19-21(28)26(22(29)32-19)12-20(27)25-15-7-5-6-14(24)10-15/h5-11H,3-4,12H2,1-2H3,(H,25,27)/b19-9+. The second-order valence-electron chi connectivity index (χ2n) is 6.51. The van der Waals surface area contributed by atoms with Crippen LogP contribution in [-0.4, -0.2) is 41.7 Å². The van der Waals surface area contributed by atoms with E-state index in [9.17, 15) is 18.8 Å². The van der Waals surface area contributed by atoms with E-state index in [4.69, 9.17) is 9.47 Å². The molecule has 1 fully saturated rings. The highest BCUT2D eigenvalue weighted by atomic mass is 79.9. The zero-order valence-electron chi connectivity index (χ0n) is 17.3. The molecule has 3 rings (SSSR count). The minimum atomic E-state index is -0.611. The lowest BCUT2D eigenvalue weighted by atomic mass is 10.2. The SMILES string of the molecule is CCOc1cc(Br)c(/C=C2/SC(=O)N(CC(=O)Nc3cccc(F)c3)C2=O)cc1OCC. The average Bonchev–Trinajstić information content (AvgIpc) is 2.99. The van der Waals surface area contributed by atoms with Crippen molar-refractivity contribution in [2.45, 2.75) is 13.8 Å². The van der Waals surface area contributed by atoms with Gasteiger partial charge in [0, 0.05) is 10.2 Å². The molecule has 0 aromatic heterocycles. The summed E-state index contributed by atoms with van der Waals surface area (Å²) in [6.45, 7) is 4.11. The molecule has 0 radical (unpaired) electrons. The van der Waals surface area contributed by atoms with Crippen LogP contribution >= 0.6 is 27.7 Å². The van der Waals surface area contributed by atoms with E-state index < -0.39 is 29.4 Å². The number of carbonyl (C=O) groups excluding carboxylic acids is 3. The largest absolute Gasteiger partial charge is 0.490 e. The van der Waals surface area contributed by atoms with E-state index in [1.165, 1.54) is 18.2 Å². The Morgan fingerprint density at radius 1 is 1.16 bits per heavy atom. The summed E-state index contributed by atoms with van der Waals surface area (Å²) >= 11 is 4.18. The molecule has 1 heterocycles. The van der Waals surface area contributed by atoms with Crippen molar-refractivity contribution in [2.75, 3.05) is 25.1 Å². The third kappa shape index (κ3) is 5.68. The first kappa shape index (κ1) is 23.8. The highest BCUT2D eigenvalue weighted by Gasteiger charge is 2.36. The maximum absolute atomic E-state index is 13.3. The Bertz CT molecular complexity index is 1090. The molecule has 0 saturated carbocycles. The van der Waals surface area contributed by atoms with Gasteiger partial charge < -0.3 is 14.8 Å². The van der Waals surface area contributed by atoms with Crippen molar-refractivity contribution in [3.63, 3.8) is 0 Å². The Labute approximate surface area is 197 Å². The molecule has 0 unspecified atom stereocenters. The van der Waals surface area contributed by atoms with Gasteiger partial charge in [0.2, 0.25) is 5.91 Å². The Morgan fingerprint density at radius 2 is 1.84 bits per heavy atom. The second-order valence-corrected chi connectivity index (χ2v) is 8.36. The fourth-order valence-electron chi connectivity index (χ4n) is 2.89. The fourth-order valence-corrected chi connectivity index (χ4v) is 4.15. The molecule has 0 atom stereocenters. The monoisotopic (exact) mass is 522 g/mol. The number of halogens is 2. The van der Waals surface area contributed by atoms with Gasteiger partial charge in [0.15, 0.2) is 11.5 Å². The first-order valence-corrected chi connectivity index (χ1v) is 11.3. The third-order valence-electron chi connectivity index (χ3n) is 4.23. The van der Waals surface area contributed by atoms with Crippen LogP contribution in [0.3, 0.4) is 0 Å².